The molecule has 2 unspecified atom stereocenters. The van der Waals surface area contributed by atoms with Gasteiger partial charge in [-0.25, -0.2) is 0 Å². The first-order valence-electron chi connectivity index (χ1n) is 7.72. The smallest absolute Gasteiger partial charge is 0.0779 e. The molecule has 2 aliphatic rings. The van der Waals surface area contributed by atoms with Crippen LogP contribution in [0, 0.1) is 0 Å². The minimum atomic E-state index is 0.0568. The van der Waals surface area contributed by atoms with Gasteiger partial charge < -0.3 is 10.1 Å². The number of rotatable bonds is 3. The van der Waals surface area contributed by atoms with Crippen molar-refractivity contribution in [2.24, 2.45) is 0 Å². The van der Waals surface area contributed by atoms with Gasteiger partial charge in [0.15, 0.2) is 0 Å². The summed E-state index contributed by atoms with van der Waals surface area (Å²) in [6.07, 6.45) is 7.54. The molecule has 1 fully saturated rings. The number of aryl methyl sites for hydroxylation is 1. The van der Waals surface area contributed by atoms with Gasteiger partial charge in [0.05, 0.1) is 5.60 Å². The lowest BCUT2D eigenvalue weighted by Crippen LogP contribution is -2.39. The molecule has 1 aromatic rings. The topological polar surface area (TPSA) is 21.3 Å². The minimum absolute atomic E-state index is 0.0568. The van der Waals surface area contributed by atoms with E-state index in [0.717, 1.165) is 13.2 Å². The van der Waals surface area contributed by atoms with Crippen molar-refractivity contribution in [3.05, 3.63) is 35.4 Å². The summed E-state index contributed by atoms with van der Waals surface area (Å²) in [6.45, 7) is 4.15. The highest BCUT2D eigenvalue weighted by Crippen LogP contribution is 2.30. The standard InChI is InChI=1S/C17H25NO/c1-17(11-6-12-19-17)13-18-16-10-5-3-8-14-7-2-4-9-15(14)16/h2,4,7,9,16,18H,3,5-6,8,10-13H2,1H3. The molecule has 19 heavy (non-hydrogen) atoms. The molecular formula is C17H25NO. The van der Waals surface area contributed by atoms with Crippen LogP contribution in [0.25, 0.3) is 0 Å². The highest BCUT2D eigenvalue weighted by Gasteiger charge is 2.30. The third-order valence-corrected chi connectivity index (χ3v) is 4.64. The first kappa shape index (κ1) is 13.1. The molecule has 1 aliphatic carbocycles. The number of nitrogens with one attached hydrogen (secondary N) is 1. The number of hydrogen-bond acceptors (Lipinski definition) is 2. The van der Waals surface area contributed by atoms with Crippen LogP contribution in [-0.2, 0) is 11.2 Å². The van der Waals surface area contributed by atoms with E-state index in [-0.39, 0.29) is 5.60 Å². The van der Waals surface area contributed by atoms with Crippen molar-refractivity contribution in [3.8, 4) is 0 Å². The van der Waals surface area contributed by atoms with Crippen molar-refractivity contribution in [3.63, 3.8) is 0 Å². The predicted molar refractivity (Wildman–Crippen MR) is 78.3 cm³/mol. The van der Waals surface area contributed by atoms with Crippen molar-refractivity contribution in [2.45, 2.75) is 57.1 Å². The Hall–Kier alpha value is -0.860. The molecule has 2 atom stereocenters. The van der Waals surface area contributed by atoms with Crippen molar-refractivity contribution >= 4 is 0 Å². The normalized spacial score (nSPS) is 30.9. The second-order valence-electron chi connectivity index (χ2n) is 6.28. The van der Waals surface area contributed by atoms with Gasteiger partial charge in [-0.1, -0.05) is 30.7 Å². The van der Waals surface area contributed by atoms with E-state index in [1.165, 1.54) is 49.7 Å². The monoisotopic (exact) mass is 259 g/mol. The van der Waals surface area contributed by atoms with Gasteiger partial charge in [0.2, 0.25) is 0 Å². The maximum Gasteiger partial charge on any atom is 0.0779 e. The average Bonchev–Trinajstić information content (AvgIpc) is 2.75. The zero-order chi connectivity index (χ0) is 13.1. The highest BCUT2D eigenvalue weighted by atomic mass is 16.5. The van der Waals surface area contributed by atoms with Crippen molar-refractivity contribution in [2.75, 3.05) is 13.2 Å². The van der Waals surface area contributed by atoms with Crippen molar-refractivity contribution in [1.29, 1.82) is 0 Å². The van der Waals surface area contributed by atoms with Gasteiger partial charge in [0.1, 0.15) is 0 Å². The first-order chi connectivity index (χ1) is 9.27. The minimum Gasteiger partial charge on any atom is -0.374 e. The molecule has 0 aromatic heterocycles. The molecule has 1 aromatic carbocycles. The van der Waals surface area contributed by atoms with Gasteiger partial charge in [0, 0.05) is 19.2 Å². The van der Waals surface area contributed by atoms with Crippen LogP contribution in [0.5, 0.6) is 0 Å². The Morgan fingerprint density at radius 2 is 2.16 bits per heavy atom. The predicted octanol–water partition coefficient (Wildman–Crippen LogP) is 3.61. The van der Waals surface area contributed by atoms with E-state index in [1.807, 2.05) is 0 Å². The van der Waals surface area contributed by atoms with Crippen LogP contribution >= 0.6 is 0 Å². The van der Waals surface area contributed by atoms with Crippen LogP contribution in [-0.4, -0.2) is 18.8 Å². The van der Waals surface area contributed by atoms with Gasteiger partial charge in [0.25, 0.3) is 0 Å². The van der Waals surface area contributed by atoms with Crippen LogP contribution < -0.4 is 5.32 Å². The summed E-state index contributed by atoms with van der Waals surface area (Å²) < 4.78 is 5.89. The van der Waals surface area contributed by atoms with E-state index in [9.17, 15) is 0 Å². The third kappa shape index (κ3) is 3.01. The second kappa shape index (κ2) is 5.64. The largest absolute Gasteiger partial charge is 0.374 e. The fraction of sp³-hybridized carbons (Fsp3) is 0.647. The van der Waals surface area contributed by atoms with E-state index in [2.05, 4.69) is 36.5 Å². The van der Waals surface area contributed by atoms with Gasteiger partial charge in [-0.2, -0.15) is 0 Å². The molecule has 1 N–H and O–H groups in total. The summed E-state index contributed by atoms with van der Waals surface area (Å²) >= 11 is 0. The number of fused-ring (bicyclic) bond motifs is 1. The molecule has 3 rings (SSSR count). The quantitative estimate of drug-likeness (QED) is 0.837. The summed E-state index contributed by atoms with van der Waals surface area (Å²) in [6, 6.07) is 9.45. The Morgan fingerprint density at radius 3 is 3.00 bits per heavy atom. The Labute approximate surface area is 116 Å². The zero-order valence-electron chi connectivity index (χ0n) is 12.0. The Kier molecular flexibility index (Phi) is 3.90. The van der Waals surface area contributed by atoms with Gasteiger partial charge in [-0.05, 0) is 50.2 Å². The molecule has 0 radical (unpaired) electrons. The summed E-state index contributed by atoms with van der Waals surface area (Å²) in [5, 5.41) is 3.78. The van der Waals surface area contributed by atoms with E-state index >= 15 is 0 Å². The summed E-state index contributed by atoms with van der Waals surface area (Å²) in [5.74, 6) is 0. The molecule has 0 bridgehead atoms. The summed E-state index contributed by atoms with van der Waals surface area (Å²) in [5.41, 5.74) is 3.11. The SMILES string of the molecule is CC1(CNC2CCCCc3ccccc32)CCCO1. The fourth-order valence-electron chi connectivity index (χ4n) is 3.45. The molecule has 1 aliphatic heterocycles. The van der Waals surface area contributed by atoms with E-state index < -0.39 is 0 Å². The van der Waals surface area contributed by atoms with E-state index in [4.69, 9.17) is 4.74 Å². The maximum absolute atomic E-state index is 5.89. The van der Waals surface area contributed by atoms with Gasteiger partial charge in [-0.3, -0.25) is 0 Å². The molecule has 1 heterocycles. The zero-order valence-corrected chi connectivity index (χ0v) is 12.0. The average molecular weight is 259 g/mol. The van der Waals surface area contributed by atoms with Crippen LogP contribution in [0.4, 0.5) is 0 Å². The lowest BCUT2D eigenvalue weighted by atomic mass is 9.97. The Bertz CT molecular complexity index is 423. The molecule has 2 heteroatoms. The molecule has 104 valence electrons. The third-order valence-electron chi connectivity index (χ3n) is 4.64. The van der Waals surface area contributed by atoms with Crippen molar-refractivity contribution in [1.82, 2.24) is 5.32 Å². The Balaban J connectivity index is 1.70. The summed E-state index contributed by atoms with van der Waals surface area (Å²) in [4.78, 5) is 0. The van der Waals surface area contributed by atoms with Gasteiger partial charge in [-0.15, -0.1) is 0 Å². The number of hydrogen-bond donors (Lipinski definition) is 1. The van der Waals surface area contributed by atoms with Crippen LogP contribution in [0.15, 0.2) is 24.3 Å². The lowest BCUT2D eigenvalue weighted by Gasteiger charge is -2.28. The molecule has 0 spiro atoms. The van der Waals surface area contributed by atoms with Crippen LogP contribution in [0.3, 0.4) is 0 Å². The lowest BCUT2D eigenvalue weighted by molar-refractivity contribution is 0.0185. The fourth-order valence-corrected chi connectivity index (χ4v) is 3.45. The van der Waals surface area contributed by atoms with E-state index in [0.29, 0.717) is 6.04 Å². The molecule has 1 saturated heterocycles. The highest BCUT2D eigenvalue weighted by molar-refractivity contribution is 5.31. The summed E-state index contributed by atoms with van der Waals surface area (Å²) in [7, 11) is 0. The van der Waals surface area contributed by atoms with E-state index in [1.54, 1.807) is 0 Å². The molecular weight excluding hydrogens is 234 g/mol. The number of ether oxygens (including phenoxy) is 1. The van der Waals surface area contributed by atoms with Crippen molar-refractivity contribution < 1.29 is 4.74 Å². The maximum atomic E-state index is 5.89. The molecule has 0 amide bonds. The number of benzene rings is 1. The van der Waals surface area contributed by atoms with Crippen LogP contribution in [0.2, 0.25) is 0 Å². The Morgan fingerprint density at radius 1 is 1.26 bits per heavy atom. The van der Waals surface area contributed by atoms with Gasteiger partial charge >= 0.3 is 0 Å². The second-order valence-corrected chi connectivity index (χ2v) is 6.28. The first-order valence-corrected chi connectivity index (χ1v) is 7.72. The molecule has 2 nitrogen and oxygen atoms in total. The molecule has 0 saturated carbocycles. The van der Waals surface area contributed by atoms with Crippen LogP contribution in [0.1, 0.15) is 56.2 Å².